The van der Waals surface area contributed by atoms with Gasteiger partial charge in [0.05, 0.1) is 0 Å². The number of thiazole rings is 1. The Balaban J connectivity index is 2.77. The first-order valence-electron chi connectivity index (χ1n) is 5.93. The van der Waals surface area contributed by atoms with Crippen LogP contribution >= 0.6 is 11.3 Å². The lowest BCUT2D eigenvalue weighted by Crippen LogP contribution is -2.29. The summed E-state index contributed by atoms with van der Waals surface area (Å²) in [6, 6.07) is -0.643. The number of ketones is 1. The van der Waals surface area contributed by atoms with Crippen LogP contribution in [-0.2, 0) is 4.79 Å². The van der Waals surface area contributed by atoms with Crippen molar-refractivity contribution in [1.82, 2.24) is 4.98 Å². The molecule has 1 aromatic heterocycles. The number of hydrogen-bond acceptors (Lipinski definition) is 5. The van der Waals surface area contributed by atoms with Gasteiger partial charge in [0.1, 0.15) is 11.7 Å². The van der Waals surface area contributed by atoms with Crippen LogP contribution in [0.15, 0.2) is 0 Å². The van der Waals surface area contributed by atoms with E-state index >= 15 is 0 Å². The number of aryl methyl sites for hydroxylation is 1. The van der Waals surface area contributed by atoms with Gasteiger partial charge in [-0.2, -0.15) is 0 Å². The van der Waals surface area contributed by atoms with Crippen LogP contribution in [0.2, 0.25) is 0 Å². The lowest BCUT2D eigenvalue weighted by molar-refractivity contribution is -0.138. The van der Waals surface area contributed by atoms with Crippen LogP contribution in [0.1, 0.15) is 48.5 Å². The van der Waals surface area contributed by atoms with E-state index in [2.05, 4.69) is 10.3 Å². The number of carboxylic acids is 1. The van der Waals surface area contributed by atoms with Crippen LogP contribution in [0.5, 0.6) is 0 Å². The van der Waals surface area contributed by atoms with Crippen LogP contribution in [0.3, 0.4) is 0 Å². The zero-order chi connectivity index (χ0) is 13.7. The van der Waals surface area contributed by atoms with Gasteiger partial charge in [-0.3, -0.25) is 4.79 Å². The zero-order valence-corrected chi connectivity index (χ0v) is 11.6. The largest absolute Gasteiger partial charge is 0.480 e. The maximum Gasteiger partial charge on any atom is 0.326 e. The van der Waals surface area contributed by atoms with Gasteiger partial charge in [0.2, 0.25) is 0 Å². The number of unbranched alkanes of at least 4 members (excludes halogenated alkanes) is 1. The molecule has 0 radical (unpaired) electrons. The van der Waals surface area contributed by atoms with Crippen molar-refractivity contribution in [3.05, 3.63) is 10.6 Å². The molecule has 0 aliphatic carbocycles. The fraction of sp³-hybridized carbons (Fsp3) is 0.583. The predicted octanol–water partition coefficient (Wildman–Crippen LogP) is 2.71. The molecule has 5 nitrogen and oxygen atoms in total. The van der Waals surface area contributed by atoms with Crippen LogP contribution in [0, 0.1) is 6.92 Å². The summed E-state index contributed by atoms with van der Waals surface area (Å²) < 4.78 is 0. The van der Waals surface area contributed by atoms with Crippen molar-refractivity contribution >= 4 is 28.2 Å². The third-order valence-electron chi connectivity index (χ3n) is 2.57. The molecule has 0 unspecified atom stereocenters. The van der Waals surface area contributed by atoms with E-state index in [1.165, 1.54) is 18.3 Å². The lowest BCUT2D eigenvalue weighted by Gasteiger charge is -2.12. The minimum absolute atomic E-state index is 0.0998. The van der Waals surface area contributed by atoms with Crippen molar-refractivity contribution in [2.45, 2.75) is 46.1 Å². The molecular formula is C12H18N2O3S. The Kier molecular flexibility index (Phi) is 5.27. The third-order valence-corrected chi connectivity index (χ3v) is 3.47. The molecule has 0 saturated carbocycles. The van der Waals surface area contributed by atoms with E-state index in [1.807, 2.05) is 6.92 Å². The van der Waals surface area contributed by atoms with E-state index in [0.717, 1.165) is 17.7 Å². The summed E-state index contributed by atoms with van der Waals surface area (Å²) in [5, 5.41) is 12.5. The van der Waals surface area contributed by atoms with E-state index in [1.54, 1.807) is 6.92 Å². The Labute approximate surface area is 110 Å². The molecule has 0 aromatic carbocycles. The first kappa shape index (κ1) is 14.6. The van der Waals surface area contributed by atoms with Crippen LogP contribution in [-0.4, -0.2) is 27.9 Å². The number of nitrogens with zero attached hydrogens (tertiary/aromatic N) is 1. The zero-order valence-electron chi connectivity index (χ0n) is 10.8. The van der Waals surface area contributed by atoms with E-state index in [9.17, 15) is 9.59 Å². The van der Waals surface area contributed by atoms with E-state index < -0.39 is 12.0 Å². The second kappa shape index (κ2) is 6.49. The number of carboxylic acid groups (broad SMARTS) is 1. The van der Waals surface area contributed by atoms with Crippen molar-refractivity contribution in [3.63, 3.8) is 0 Å². The van der Waals surface area contributed by atoms with Gasteiger partial charge in [0, 0.05) is 11.8 Å². The molecule has 0 amide bonds. The van der Waals surface area contributed by atoms with Crippen molar-refractivity contribution in [2.75, 3.05) is 5.32 Å². The summed E-state index contributed by atoms with van der Waals surface area (Å²) in [5.74, 6) is -0.988. The molecule has 0 saturated heterocycles. The molecule has 1 aromatic rings. The lowest BCUT2D eigenvalue weighted by atomic mass is 10.1. The average Bonchev–Trinajstić information content (AvgIpc) is 2.65. The van der Waals surface area contributed by atoms with Crippen LogP contribution < -0.4 is 5.32 Å². The van der Waals surface area contributed by atoms with Gasteiger partial charge < -0.3 is 10.4 Å². The average molecular weight is 270 g/mol. The monoisotopic (exact) mass is 270 g/mol. The van der Waals surface area contributed by atoms with Crippen molar-refractivity contribution in [1.29, 1.82) is 0 Å². The number of rotatable bonds is 7. The number of Topliss-reactive ketones (excluding diaryl/α,β-unsaturated/α-hetero) is 1. The number of nitrogens with one attached hydrogen (secondary N) is 1. The summed E-state index contributed by atoms with van der Waals surface area (Å²) in [5.41, 5.74) is 0.419. The summed E-state index contributed by atoms with van der Waals surface area (Å²) in [4.78, 5) is 27.3. The van der Waals surface area contributed by atoms with Gasteiger partial charge in [-0.25, -0.2) is 9.78 Å². The molecule has 1 heterocycles. The highest BCUT2D eigenvalue weighted by atomic mass is 32.1. The maximum atomic E-state index is 11.3. The summed E-state index contributed by atoms with van der Waals surface area (Å²) >= 11 is 1.32. The number of anilines is 1. The van der Waals surface area contributed by atoms with Gasteiger partial charge in [0.25, 0.3) is 0 Å². The molecule has 0 bridgehead atoms. The Morgan fingerprint density at radius 2 is 2.17 bits per heavy atom. The highest BCUT2D eigenvalue weighted by molar-refractivity contribution is 7.15. The number of hydrogen-bond donors (Lipinski definition) is 2. The molecule has 100 valence electrons. The quantitative estimate of drug-likeness (QED) is 0.745. The second-order valence-electron chi connectivity index (χ2n) is 4.16. The Morgan fingerprint density at radius 3 is 2.61 bits per heavy atom. The fourth-order valence-electron chi connectivity index (χ4n) is 1.60. The Bertz CT molecular complexity index is 443. The van der Waals surface area contributed by atoms with Gasteiger partial charge in [-0.05, 0) is 13.3 Å². The standard InChI is InChI=1S/C12H18N2O3S/c1-4-5-6-9(11(16)17)13-12-14-10(7(2)15)8(3)18-12/h9H,4-6H2,1-3H3,(H,13,14)(H,16,17)/t9-/m0/s1. The second-order valence-corrected chi connectivity index (χ2v) is 5.36. The predicted molar refractivity (Wildman–Crippen MR) is 71.4 cm³/mol. The first-order valence-corrected chi connectivity index (χ1v) is 6.75. The number of aromatic nitrogens is 1. The Hall–Kier alpha value is -1.43. The highest BCUT2D eigenvalue weighted by Gasteiger charge is 2.19. The molecule has 6 heteroatoms. The number of carbonyl (C=O) groups excluding carboxylic acids is 1. The molecule has 18 heavy (non-hydrogen) atoms. The highest BCUT2D eigenvalue weighted by Crippen LogP contribution is 2.23. The molecule has 0 aliphatic rings. The number of aliphatic carboxylic acids is 1. The fourth-order valence-corrected chi connectivity index (χ4v) is 2.51. The van der Waals surface area contributed by atoms with E-state index in [-0.39, 0.29) is 5.78 Å². The van der Waals surface area contributed by atoms with E-state index in [0.29, 0.717) is 17.2 Å². The molecule has 0 spiro atoms. The number of carbonyl (C=O) groups is 2. The van der Waals surface area contributed by atoms with Crippen LogP contribution in [0.25, 0.3) is 0 Å². The van der Waals surface area contributed by atoms with Crippen molar-refractivity contribution < 1.29 is 14.7 Å². The van der Waals surface area contributed by atoms with Crippen LogP contribution in [0.4, 0.5) is 5.13 Å². The van der Waals surface area contributed by atoms with Gasteiger partial charge >= 0.3 is 5.97 Å². The molecule has 0 fully saturated rings. The normalized spacial score (nSPS) is 12.2. The molecule has 1 rings (SSSR count). The first-order chi connectivity index (χ1) is 8.45. The minimum Gasteiger partial charge on any atom is -0.480 e. The third kappa shape index (κ3) is 3.80. The van der Waals surface area contributed by atoms with E-state index in [4.69, 9.17) is 5.11 Å². The topological polar surface area (TPSA) is 79.3 Å². The van der Waals surface area contributed by atoms with Gasteiger partial charge in [0.15, 0.2) is 10.9 Å². The SMILES string of the molecule is CCCC[C@H](Nc1nc(C(C)=O)c(C)s1)C(=O)O. The summed E-state index contributed by atoms with van der Waals surface area (Å²) in [6.45, 7) is 5.28. The van der Waals surface area contributed by atoms with Crippen molar-refractivity contribution in [2.24, 2.45) is 0 Å². The Morgan fingerprint density at radius 1 is 1.50 bits per heavy atom. The molecule has 0 aliphatic heterocycles. The smallest absolute Gasteiger partial charge is 0.326 e. The maximum absolute atomic E-state index is 11.3. The summed E-state index contributed by atoms with van der Waals surface area (Å²) in [6.07, 6.45) is 2.34. The van der Waals surface area contributed by atoms with Crippen molar-refractivity contribution in [3.8, 4) is 0 Å². The molecule has 1 atom stereocenters. The van der Waals surface area contributed by atoms with Gasteiger partial charge in [-0.15, -0.1) is 11.3 Å². The molecule has 2 N–H and O–H groups in total. The summed E-state index contributed by atoms with van der Waals surface area (Å²) in [7, 11) is 0. The molecular weight excluding hydrogens is 252 g/mol. The minimum atomic E-state index is -0.888. The van der Waals surface area contributed by atoms with Gasteiger partial charge in [-0.1, -0.05) is 19.8 Å².